The van der Waals surface area contributed by atoms with E-state index in [1.165, 1.54) is 6.42 Å². The molecular weight excluding hydrogens is 228 g/mol. The Bertz CT molecular complexity index is 291. The summed E-state index contributed by atoms with van der Waals surface area (Å²) >= 11 is 0. The van der Waals surface area contributed by atoms with Gasteiger partial charge in [0.15, 0.2) is 0 Å². The molecule has 104 valence electrons. The van der Waals surface area contributed by atoms with Crippen LogP contribution in [0.1, 0.15) is 46.0 Å². The van der Waals surface area contributed by atoms with Crippen LogP contribution in [0.2, 0.25) is 0 Å². The number of nitrogens with zero attached hydrogens (tertiary/aromatic N) is 1. The van der Waals surface area contributed by atoms with E-state index in [1.54, 1.807) is 0 Å². The van der Waals surface area contributed by atoms with Crippen LogP contribution in [0.15, 0.2) is 16.5 Å². The number of rotatable bonds is 6. The molecule has 4 N–H and O–H groups in total. The van der Waals surface area contributed by atoms with E-state index in [4.69, 9.17) is 16.0 Å². The molecule has 0 saturated heterocycles. The Morgan fingerprint density at radius 1 is 1.50 bits per heavy atom. The van der Waals surface area contributed by atoms with E-state index in [1.807, 2.05) is 0 Å². The maximum atomic E-state index is 7.28. The topological polar surface area (TPSA) is 83.5 Å². The first-order valence-electron chi connectivity index (χ1n) is 6.90. The number of nitrogens with two attached hydrogens (primary N) is 1. The Morgan fingerprint density at radius 2 is 2.28 bits per heavy atom. The average Bonchev–Trinajstić information content (AvgIpc) is 2.33. The summed E-state index contributed by atoms with van der Waals surface area (Å²) in [5, 5.41) is 6.90. The summed E-state index contributed by atoms with van der Waals surface area (Å²) in [5.41, 5.74) is 14.6. The first-order chi connectivity index (χ1) is 8.69. The van der Waals surface area contributed by atoms with Crippen molar-refractivity contribution in [3.05, 3.63) is 11.4 Å². The molecule has 18 heavy (non-hydrogen) atoms. The van der Waals surface area contributed by atoms with E-state index in [0.717, 1.165) is 37.9 Å². The summed E-state index contributed by atoms with van der Waals surface area (Å²) in [7, 11) is 0. The SMILES string of the molecule is CCN[C@H](C)COC1CCCCC/C(N)=C\1N=N. The largest absolute Gasteiger partial charge is 0.400 e. The van der Waals surface area contributed by atoms with Gasteiger partial charge in [-0.05, 0) is 32.7 Å². The van der Waals surface area contributed by atoms with Crippen LogP contribution in [0.4, 0.5) is 0 Å². The lowest BCUT2D eigenvalue weighted by Crippen LogP contribution is -2.33. The lowest BCUT2D eigenvalue weighted by Gasteiger charge is -2.23. The minimum atomic E-state index is -0.107. The molecule has 0 heterocycles. The number of hydrogen-bond acceptors (Lipinski definition) is 5. The van der Waals surface area contributed by atoms with Gasteiger partial charge < -0.3 is 15.8 Å². The second-order valence-corrected chi connectivity index (χ2v) is 4.90. The van der Waals surface area contributed by atoms with Gasteiger partial charge in [0.25, 0.3) is 0 Å². The highest BCUT2D eigenvalue weighted by Crippen LogP contribution is 2.24. The second-order valence-electron chi connectivity index (χ2n) is 4.90. The number of hydrogen-bond donors (Lipinski definition) is 3. The van der Waals surface area contributed by atoms with Crippen LogP contribution in [0.5, 0.6) is 0 Å². The Hall–Kier alpha value is -0.940. The van der Waals surface area contributed by atoms with E-state index < -0.39 is 0 Å². The summed E-state index contributed by atoms with van der Waals surface area (Å²) in [4.78, 5) is 0. The highest BCUT2D eigenvalue weighted by molar-refractivity contribution is 5.14. The fourth-order valence-electron chi connectivity index (χ4n) is 2.27. The van der Waals surface area contributed by atoms with E-state index in [-0.39, 0.29) is 6.10 Å². The molecule has 0 aromatic rings. The van der Waals surface area contributed by atoms with Gasteiger partial charge in [0.05, 0.1) is 6.61 Å². The van der Waals surface area contributed by atoms with Gasteiger partial charge in [0, 0.05) is 11.7 Å². The van der Waals surface area contributed by atoms with Gasteiger partial charge in [-0.3, -0.25) is 0 Å². The van der Waals surface area contributed by atoms with E-state index in [0.29, 0.717) is 18.3 Å². The van der Waals surface area contributed by atoms with Crippen molar-refractivity contribution in [3.63, 3.8) is 0 Å². The minimum Gasteiger partial charge on any atom is -0.400 e. The summed E-state index contributed by atoms with van der Waals surface area (Å²) < 4.78 is 5.89. The Morgan fingerprint density at radius 3 is 2.94 bits per heavy atom. The molecule has 0 aliphatic heterocycles. The van der Waals surface area contributed by atoms with Gasteiger partial charge >= 0.3 is 0 Å². The highest BCUT2D eigenvalue weighted by Gasteiger charge is 2.20. The summed E-state index contributed by atoms with van der Waals surface area (Å²) in [6, 6.07) is 0.314. The molecule has 5 heteroatoms. The molecule has 0 fully saturated rings. The van der Waals surface area contributed by atoms with Crippen LogP contribution in [-0.4, -0.2) is 25.3 Å². The highest BCUT2D eigenvalue weighted by atomic mass is 16.5. The molecule has 0 bridgehead atoms. The Kier molecular flexibility index (Phi) is 6.90. The molecule has 0 aromatic heterocycles. The van der Waals surface area contributed by atoms with Crippen LogP contribution in [0, 0.1) is 5.53 Å². The third-order valence-corrected chi connectivity index (χ3v) is 3.27. The predicted molar refractivity (Wildman–Crippen MR) is 72.3 cm³/mol. The van der Waals surface area contributed by atoms with Crippen molar-refractivity contribution in [3.8, 4) is 0 Å². The molecule has 1 aliphatic carbocycles. The van der Waals surface area contributed by atoms with Gasteiger partial charge in [-0.2, -0.15) is 5.11 Å². The third-order valence-electron chi connectivity index (χ3n) is 3.27. The Balaban J connectivity index is 2.60. The van der Waals surface area contributed by atoms with Crippen molar-refractivity contribution in [1.29, 1.82) is 5.53 Å². The quantitative estimate of drug-likeness (QED) is 0.637. The predicted octanol–water partition coefficient (Wildman–Crippen LogP) is 2.53. The number of likely N-dealkylation sites (N-methyl/N-ethyl adjacent to an activating group) is 1. The molecule has 0 amide bonds. The molecule has 1 rings (SSSR count). The number of ether oxygens (including phenoxy) is 1. The van der Waals surface area contributed by atoms with E-state index in [2.05, 4.69) is 24.3 Å². The average molecular weight is 254 g/mol. The number of allylic oxidation sites excluding steroid dienone is 1. The summed E-state index contributed by atoms with van der Waals surface area (Å²) in [6.07, 6.45) is 5.02. The molecule has 1 unspecified atom stereocenters. The fraction of sp³-hybridized carbons (Fsp3) is 0.846. The van der Waals surface area contributed by atoms with Crippen LogP contribution < -0.4 is 11.1 Å². The van der Waals surface area contributed by atoms with Crippen LogP contribution in [0.3, 0.4) is 0 Å². The van der Waals surface area contributed by atoms with E-state index in [9.17, 15) is 0 Å². The van der Waals surface area contributed by atoms with Crippen LogP contribution in [-0.2, 0) is 4.74 Å². The molecule has 0 spiro atoms. The van der Waals surface area contributed by atoms with Gasteiger partial charge in [-0.1, -0.05) is 19.8 Å². The smallest absolute Gasteiger partial charge is 0.110 e. The summed E-state index contributed by atoms with van der Waals surface area (Å²) in [6.45, 7) is 5.74. The minimum absolute atomic E-state index is 0.107. The van der Waals surface area contributed by atoms with Gasteiger partial charge in [-0.25, -0.2) is 5.53 Å². The molecule has 2 atom stereocenters. The standard InChI is InChI=1S/C13H26N4O/c1-3-16-10(2)9-18-12-8-6-4-5-7-11(14)13(12)17-15/h10,12,15-16H,3-9,14H2,1-2H3/b13-11-,17-15?/t10-,12?/m1/s1. The lowest BCUT2D eigenvalue weighted by atomic mass is 9.99. The first-order valence-corrected chi connectivity index (χ1v) is 6.90. The van der Waals surface area contributed by atoms with Crippen LogP contribution >= 0.6 is 0 Å². The molecule has 5 nitrogen and oxygen atoms in total. The van der Waals surface area contributed by atoms with Crippen molar-refractivity contribution in [1.82, 2.24) is 5.32 Å². The Labute approximate surface area is 110 Å². The third kappa shape index (κ3) is 4.74. The maximum absolute atomic E-state index is 7.28. The second kappa shape index (κ2) is 8.21. The summed E-state index contributed by atoms with van der Waals surface area (Å²) in [5.74, 6) is 0. The molecule has 0 radical (unpaired) electrons. The lowest BCUT2D eigenvalue weighted by molar-refractivity contribution is 0.0536. The van der Waals surface area contributed by atoms with E-state index >= 15 is 0 Å². The van der Waals surface area contributed by atoms with Gasteiger partial charge in [-0.15, -0.1) is 0 Å². The molecule has 1 aliphatic rings. The molecular formula is C13H26N4O. The molecule has 0 aromatic carbocycles. The molecule has 0 saturated carbocycles. The van der Waals surface area contributed by atoms with Gasteiger partial charge in [0.2, 0.25) is 0 Å². The first kappa shape index (κ1) is 15.1. The fourth-order valence-corrected chi connectivity index (χ4v) is 2.27. The zero-order chi connectivity index (χ0) is 13.4. The normalized spacial score (nSPS) is 27.3. The van der Waals surface area contributed by atoms with Crippen molar-refractivity contribution in [2.75, 3.05) is 13.2 Å². The number of nitrogens with one attached hydrogen (secondary N) is 2. The van der Waals surface area contributed by atoms with Gasteiger partial charge in [0.1, 0.15) is 11.8 Å². The van der Waals surface area contributed by atoms with Crippen LogP contribution in [0.25, 0.3) is 0 Å². The van der Waals surface area contributed by atoms with Crippen molar-refractivity contribution < 1.29 is 4.74 Å². The van der Waals surface area contributed by atoms with Crippen molar-refractivity contribution >= 4 is 0 Å². The monoisotopic (exact) mass is 254 g/mol. The zero-order valence-electron chi connectivity index (χ0n) is 11.5. The van der Waals surface area contributed by atoms with Crippen molar-refractivity contribution in [2.24, 2.45) is 10.8 Å². The maximum Gasteiger partial charge on any atom is 0.110 e. The van der Waals surface area contributed by atoms with Crippen molar-refractivity contribution in [2.45, 2.75) is 58.1 Å². The zero-order valence-corrected chi connectivity index (χ0v) is 11.5.